The first kappa shape index (κ1) is 17.4. The number of rotatable bonds is 5. The number of likely N-dealkylation sites (N-methyl/N-ethyl adjacent to an activating group) is 1. The zero-order valence-electron chi connectivity index (χ0n) is 14.1. The highest BCUT2D eigenvalue weighted by molar-refractivity contribution is 7.88. The first-order valence-electron chi connectivity index (χ1n) is 7.92. The summed E-state index contributed by atoms with van der Waals surface area (Å²) < 4.78 is 32.7. The zero-order valence-corrected chi connectivity index (χ0v) is 14.9. The maximum Gasteiger partial charge on any atom is 0.269 e. The summed E-state index contributed by atoms with van der Waals surface area (Å²) in [4.78, 5) is 13.9. The van der Waals surface area contributed by atoms with Crippen LogP contribution < -0.4 is 14.4 Å². The molecular weight excluding hydrogens is 340 g/mol. The second-order valence-corrected chi connectivity index (χ2v) is 7.87. The van der Waals surface area contributed by atoms with Crippen LogP contribution in [0.4, 0.5) is 5.69 Å². The van der Waals surface area contributed by atoms with Crippen LogP contribution in [0.25, 0.3) is 0 Å². The van der Waals surface area contributed by atoms with Gasteiger partial charge in [-0.1, -0.05) is 42.0 Å². The average Bonchev–Trinajstić information content (AvgIpc) is 2.59. The first-order valence-corrected chi connectivity index (χ1v) is 9.57. The van der Waals surface area contributed by atoms with Gasteiger partial charge in [0, 0.05) is 7.05 Å². The topological polar surface area (TPSA) is 75.7 Å². The van der Waals surface area contributed by atoms with Gasteiger partial charge >= 0.3 is 0 Å². The van der Waals surface area contributed by atoms with Crippen molar-refractivity contribution in [2.24, 2.45) is 0 Å². The van der Waals surface area contributed by atoms with Crippen LogP contribution in [0.1, 0.15) is 11.1 Å². The number of nitrogens with zero attached hydrogens (tertiary/aromatic N) is 1. The van der Waals surface area contributed by atoms with Gasteiger partial charge in [0.05, 0.1) is 18.0 Å². The van der Waals surface area contributed by atoms with Crippen molar-refractivity contribution in [3.8, 4) is 5.75 Å². The highest BCUT2D eigenvalue weighted by atomic mass is 32.2. The summed E-state index contributed by atoms with van der Waals surface area (Å²) in [6.07, 6.45) is -0.882. The number of para-hydroxylation sites is 2. The zero-order chi connectivity index (χ0) is 18.0. The largest absolute Gasteiger partial charge is 0.477 e. The number of benzene rings is 2. The van der Waals surface area contributed by atoms with Gasteiger partial charge in [0.1, 0.15) is 5.75 Å². The number of fused-ring (bicyclic) bond motifs is 1. The molecular formula is C18H20N2O4S. The Balaban J connectivity index is 1.66. The SMILES string of the molecule is Cc1ccc(CS(=O)(=O)NCC2Oc3ccccc3N(C)C2=O)cc1. The Labute approximate surface area is 147 Å². The second-order valence-electron chi connectivity index (χ2n) is 6.06. The van der Waals surface area contributed by atoms with Crippen LogP contribution in [-0.4, -0.2) is 34.0 Å². The third-order valence-electron chi connectivity index (χ3n) is 4.07. The number of sulfonamides is 1. The Hall–Kier alpha value is -2.38. The number of carbonyl (C=O) groups is 1. The molecule has 1 N–H and O–H groups in total. The van der Waals surface area contributed by atoms with Crippen molar-refractivity contribution in [3.63, 3.8) is 0 Å². The average molecular weight is 360 g/mol. The lowest BCUT2D eigenvalue weighted by Gasteiger charge is -2.31. The van der Waals surface area contributed by atoms with E-state index in [-0.39, 0.29) is 18.2 Å². The van der Waals surface area contributed by atoms with Crippen LogP contribution in [0.3, 0.4) is 0 Å². The number of aryl methyl sites for hydroxylation is 1. The Bertz CT molecular complexity index is 878. The minimum absolute atomic E-state index is 0.105. The van der Waals surface area contributed by atoms with E-state index in [4.69, 9.17) is 4.74 Å². The molecule has 1 aliphatic heterocycles. The van der Waals surface area contributed by atoms with Crippen molar-refractivity contribution < 1.29 is 17.9 Å². The highest BCUT2D eigenvalue weighted by Gasteiger charge is 2.32. The molecule has 2 aromatic carbocycles. The van der Waals surface area contributed by atoms with Gasteiger partial charge in [-0.15, -0.1) is 0 Å². The number of carbonyl (C=O) groups excluding carboxylic acids is 1. The number of anilines is 1. The Morgan fingerprint density at radius 3 is 2.52 bits per heavy atom. The summed E-state index contributed by atoms with van der Waals surface area (Å²) in [5.41, 5.74) is 2.43. The lowest BCUT2D eigenvalue weighted by atomic mass is 10.2. The molecule has 0 saturated carbocycles. The molecule has 0 aliphatic carbocycles. The van der Waals surface area contributed by atoms with Crippen molar-refractivity contribution >= 4 is 21.6 Å². The van der Waals surface area contributed by atoms with E-state index in [1.807, 2.05) is 25.1 Å². The third-order valence-corrected chi connectivity index (χ3v) is 5.39. The van der Waals surface area contributed by atoms with Crippen LogP contribution in [0.2, 0.25) is 0 Å². The molecule has 0 saturated heterocycles. The van der Waals surface area contributed by atoms with E-state index in [0.717, 1.165) is 5.56 Å². The maximum absolute atomic E-state index is 12.4. The van der Waals surface area contributed by atoms with E-state index >= 15 is 0 Å². The number of hydrogen-bond donors (Lipinski definition) is 1. The van der Waals surface area contributed by atoms with E-state index in [1.165, 1.54) is 4.90 Å². The van der Waals surface area contributed by atoms with Gasteiger partial charge in [-0.2, -0.15) is 0 Å². The highest BCUT2D eigenvalue weighted by Crippen LogP contribution is 2.32. The fourth-order valence-corrected chi connectivity index (χ4v) is 3.80. The molecule has 0 fully saturated rings. The molecule has 1 aliphatic rings. The Morgan fingerprint density at radius 1 is 1.12 bits per heavy atom. The summed E-state index contributed by atoms with van der Waals surface area (Å²) in [5, 5.41) is 0. The molecule has 6 nitrogen and oxygen atoms in total. The standard InChI is InChI=1S/C18H20N2O4S/c1-13-7-9-14(10-8-13)12-25(22,23)19-11-17-18(21)20(2)15-5-3-4-6-16(15)24-17/h3-10,17,19H,11-12H2,1-2H3. The normalized spacial score (nSPS) is 17.1. The van der Waals surface area contributed by atoms with Gasteiger partial charge in [0.25, 0.3) is 5.91 Å². The number of nitrogens with one attached hydrogen (secondary N) is 1. The van der Waals surface area contributed by atoms with Crippen LogP contribution in [0.15, 0.2) is 48.5 Å². The molecule has 0 bridgehead atoms. The molecule has 0 radical (unpaired) electrons. The van der Waals surface area contributed by atoms with Gasteiger partial charge in [0.2, 0.25) is 10.0 Å². The predicted molar refractivity (Wildman–Crippen MR) is 96.1 cm³/mol. The predicted octanol–water partition coefficient (Wildman–Crippen LogP) is 1.84. The lowest BCUT2D eigenvalue weighted by Crippen LogP contribution is -2.49. The van der Waals surface area contributed by atoms with Crippen molar-refractivity contribution in [2.75, 3.05) is 18.5 Å². The molecule has 1 heterocycles. The first-order chi connectivity index (χ1) is 11.9. The summed E-state index contributed by atoms with van der Waals surface area (Å²) >= 11 is 0. The van der Waals surface area contributed by atoms with E-state index in [0.29, 0.717) is 17.0 Å². The van der Waals surface area contributed by atoms with Gasteiger partial charge in [-0.3, -0.25) is 4.79 Å². The van der Waals surface area contributed by atoms with Crippen molar-refractivity contribution in [1.29, 1.82) is 0 Å². The van der Waals surface area contributed by atoms with Gasteiger partial charge in [-0.05, 0) is 24.6 Å². The fraction of sp³-hybridized carbons (Fsp3) is 0.278. The third kappa shape index (κ3) is 4.00. The summed E-state index contributed by atoms with van der Waals surface area (Å²) in [7, 11) is -1.92. The lowest BCUT2D eigenvalue weighted by molar-refractivity contribution is -0.125. The van der Waals surface area contributed by atoms with E-state index in [1.54, 1.807) is 37.4 Å². The molecule has 1 unspecified atom stereocenters. The van der Waals surface area contributed by atoms with Crippen LogP contribution in [0.5, 0.6) is 5.75 Å². The second kappa shape index (κ2) is 6.85. The Morgan fingerprint density at radius 2 is 1.80 bits per heavy atom. The molecule has 1 amide bonds. The van der Waals surface area contributed by atoms with Gasteiger partial charge in [0.15, 0.2) is 6.10 Å². The fourth-order valence-electron chi connectivity index (χ4n) is 2.66. The molecule has 3 rings (SSSR count). The van der Waals surface area contributed by atoms with E-state index < -0.39 is 16.1 Å². The molecule has 1 atom stereocenters. The van der Waals surface area contributed by atoms with Crippen LogP contribution in [-0.2, 0) is 20.6 Å². The number of hydrogen-bond acceptors (Lipinski definition) is 4. The summed E-state index contributed by atoms with van der Waals surface area (Å²) in [6.45, 7) is 1.84. The van der Waals surface area contributed by atoms with Crippen molar-refractivity contribution in [3.05, 3.63) is 59.7 Å². The summed E-state index contributed by atoms with van der Waals surface area (Å²) in [6, 6.07) is 14.4. The molecule has 2 aromatic rings. The quantitative estimate of drug-likeness (QED) is 0.883. The van der Waals surface area contributed by atoms with Gasteiger partial charge in [-0.25, -0.2) is 13.1 Å². The maximum atomic E-state index is 12.4. The van der Waals surface area contributed by atoms with E-state index in [2.05, 4.69) is 4.72 Å². The van der Waals surface area contributed by atoms with Crippen molar-refractivity contribution in [1.82, 2.24) is 4.72 Å². The monoisotopic (exact) mass is 360 g/mol. The van der Waals surface area contributed by atoms with Crippen molar-refractivity contribution in [2.45, 2.75) is 18.8 Å². The number of ether oxygens (including phenoxy) is 1. The van der Waals surface area contributed by atoms with E-state index in [9.17, 15) is 13.2 Å². The number of amides is 1. The minimum atomic E-state index is -3.57. The molecule has 25 heavy (non-hydrogen) atoms. The van der Waals surface area contributed by atoms with Gasteiger partial charge < -0.3 is 9.64 Å². The Kier molecular flexibility index (Phi) is 4.78. The smallest absolute Gasteiger partial charge is 0.269 e. The van der Waals surface area contributed by atoms with Crippen LogP contribution in [0, 0.1) is 6.92 Å². The summed E-state index contributed by atoms with van der Waals surface area (Å²) in [5.74, 6) is 0.143. The molecule has 7 heteroatoms. The molecule has 132 valence electrons. The van der Waals surface area contributed by atoms with Crippen LogP contribution >= 0.6 is 0 Å². The molecule has 0 spiro atoms. The minimum Gasteiger partial charge on any atom is -0.477 e. The molecule has 0 aromatic heterocycles.